The highest BCUT2D eigenvalue weighted by molar-refractivity contribution is 6.30. The lowest BCUT2D eigenvalue weighted by molar-refractivity contribution is 0.0926. The van der Waals surface area contributed by atoms with Gasteiger partial charge in [0, 0.05) is 22.2 Å². The van der Waals surface area contributed by atoms with Crippen LogP contribution in [0.4, 0.5) is 0 Å². The van der Waals surface area contributed by atoms with Crippen molar-refractivity contribution in [2.45, 2.75) is 38.3 Å². The molecule has 2 aliphatic carbocycles. The van der Waals surface area contributed by atoms with Crippen molar-refractivity contribution in [3.05, 3.63) is 71.4 Å². The third-order valence-electron chi connectivity index (χ3n) is 6.72. The Morgan fingerprint density at radius 3 is 2.50 bits per heavy atom. The highest BCUT2D eigenvalue weighted by Crippen LogP contribution is 2.62. The first-order valence-electron chi connectivity index (χ1n) is 10.7. The molecule has 3 aromatic rings. The van der Waals surface area contributed by atoms with Gasteiger partial charge in [-0.05, 0) is 61.3 Å². The van der Waals surface area contributed by atoms with Crippen molar-refractivity contribution < 1.29 is 4.79 Å². The van der Waals surface area contributed by atoms with Crippen molar-refractivity contribution in [3.8, 4) is 11.3 Å². The Kier molecular flexibility index (Phi) is 5.07. The summed E-state index contributed by atoms with van der Waals surface area (Å²) in [5.41, 5.74) is 2.69. The number of nitrogens with zero attached hydrogens (tertiary/aromatic N) is 3. The minimum Gasteiger partial charge on any atom is -0.349 e. The summed E-state index contributed by atoms with van der Waals surface area (Å²) in [5.74, 6) is 1.85. The number of aromatic nitrogens is 3. The van der Waals surface area contributed by atoms with Crippen LogP contribution in [0.1, 0.15) is 42.6 Å². The van der Waals surface area contributed by atoms with E-state index in [-0.39, 0.29) is 11.9 Å². The molecule has 0 spiro atoms. The molecule has 2 fully saturated rings. The van der Waals surface area contributed by atoms with Crippen molar-refractivity contribution in [3.63, 3.8) is 0 Å². The summed E-state index contributed by atoms with van der Waals surface area (Å²) < 4.78 is 0. The van der Waals surface area contributed by atoms with Crippen LogP contribution in [0.2, 0.25) is 5.02 Å². The summed E-state index contributed by atoms with van der Waals surface area (Å²) in [4.78, 5) is 14.5. The van der Waals surface area contributed by atoms with E-state index in [0.29, 0.717) is 34.4 Å². The normalized spacial score (nSPS) is 25.5. The number of amides is 1. The maximum absolute atomic E-state index is 12.6. The molecule has 1 unspecified atom stereocenters. The first-order chi connectivity index (χ1) is 14.6. The van der Waals surface area contributed by atoms with Gasteiger partial charge in [-0.3, -0.25) is 4.79 Å². The number of hydrogen-bond donors (Lipinski definition) is 1. The number of nitrogens with one attached hydrogen (secondary N) is 1. The number of fused-ring (bicyclic) bond motifs is 1. The van der Waals surface area contributed by atoms with E-state index in [4.69, 9.17) is 16.7 Å². The second-order valence-corrected chi connectivity index (χ2v) is 8.88. The topological polar surface area (TPSA) is 59.8 Å². The van der Waals surface area contributed by atoms with Gasteiger partial charge in [0.15, 0.2) is 0 Å². The second kappa shape index (κ2) is 7.88. The van der Waals surface area contributed by atoms with E-state index in [0.717, 1.165) is 30.5 Å². The van der Waals surface area contributed by atoms with Crippen LogP contribution >= 0.6 is 11.6 Å². The van der Waals surface area contributed by atoms with Gasteiger partial charge < -0.3 is 5.32 Å². The Labute approximate surface area is 181 Å². The second-order valence-electron chi connectivity index (χ2n) is 8.44. The molecule has 1 heterocycles. The van der Waals surface area contributed by atoms with Gasteiger partial charge in [-0.1, -0.05) is 48.9 Å². The Morgan fingerprint density at radius 2 is 1.83 bits per heavy atom. The fourth-order valence-corrected chi connectivity index (χ4v) is 5.29. The Hall–Kier alpha value is -2.66. The SMILES string of the molecule is CCC(NC(=O)c1ccc(Cl)cc1)[C@H]1[C@@H]2C[C@@H](n3ncc(-c4ccccc4)n3)C[C@@H]21. The van der Waals surface area contributed by atoms with Gasteiger partial charge >= 0.3 is 0 Å². The molecule has 5 nitrogen and oxygen atoms in total. The van der Waals surface area contributed by atoms with Gasteiger partial charge in [0.05, 0.1) is 12.2 Å². The predicted octanol–water partition coefficient (Wildman–Crippen LogP) is 5.00. The molecule has 0 saturated heterocycles. The quantitative estimate of drug-likeness (QED) is 0.610. The number of carbonyl (C=O) groups excluding carboxylic acids is 1. The van der Waals surface area contributed by atoms with Crippen LogP contribution in [0.5, 0.6) is 0 Å². The molecule has 2 saturated carbocycles. The van der Waals surface area contributed by atoms with E-state index in [1.54, 1.807) is 24.3 Å². The minimum absolute atomic E-state index is 0.0127. The van der Waals surface area contributed by atoms with E-state index < -0.39 is 0 Å². The molecule has 1 aromatic heterocycles. The lowest BCUT2D eigenvalue weighted by Gasteiger charge is -2.21. The van der Waals surface area contributed by atoms with Crippen LogP contribution in [0.3, 0.4) is 0 Å². The van der Waals surface area contributed by atoms with Crippen LogP contribution in [-0.4, -0.2) is 26.9 Å². The monoisotopic (exact) mass is 420 g/mol. The molecular formula is C24H25ClN4O. The van der Waals surface area contributed by atoms with Crippen LogP contribution in [0.25, 0.3) is 11.3 Å². The summed E-state index contributed by atoms with van der Waals surface area (Å²) in [6.07, 6.45) is 4.98. The minimum atomic E-state index is -0.0127. The Balaban J connectivity index is 1.20. The molecule has 0 radical (unpaired) electrons. The molecule has 5 atom stereocenters. The number of benzene rings is 2. The fourth-order valence-electron chi connectivity index (χ4n) is 5.16. The molecule has 30 heavy (non-hydrogen) atoms. The summed E-state index contributed by atoms with van der Waals surface area (Å²) in [6, 6.07) is 17.8. The summed E-state index contributed by atoms with van der Waals surface area (Å²) in [7, 11) is 0. The molecule has 1 amide bonds. The maximum Gasteiger partial charge on any atom is 0.251 e. The lowest BCUT2D eigenvalue weighted by Crippen LogP contribution is -2.37. The van der Waals surface area contributed by atoms with Crippen LogP contribution in [0.15, 0.2) is 60.8 Å². The van der Waals surface area contributed by atoms with Crippen molar-refractivity contribution >= 4 is 17.5 Å². The lowest BCUT2D eigenvalue weighted by atomic mass is 9.99. The zero-order chi connectivity index (χ0) is 20.7. The highest BCUT2D eigenvalue weighted by Gasteiger charge is 2.59. The van der Waals surface area contributed by atoms with Gasteiger partial charge in [-0.15, -0.1) is 0 Å². The fraction of sp³-hybridized carbons (Fsp3) is 0.375. The number of halogens is 1. The van der Waals surface area contributed by atoms with Gasteiger partial charge in [0.2, 0.25) is 0 Å². The molecule has 0 aliphatic heterocycles. The summed E-state index contributed by atoms with van der Waals surface area (Å²) in [6.45, 7) is 2.15. The third kappa shape index (κ3) is 3.63. The molecule has 1 N–H and O–H groups in total. The van der Waals surface area contributed by atoms with Crippen LogP contribution in [-0.2, 0) is 0 Å². The van der Waals surface area contributed by atoms with Crippen LogP contribution in [0, 0.1) is 17.8 Å². The maximum atomic E-state index is 12.6. The largest absolute Gasteiger partial charge is 0.349 e. The average Bonchev–Trinajstić information content (AvgIpc) is 3.15. The molecule has 5 rings (SSSR count). The Morgan fingerprint density at radius 1 is 1.13 bits per heavy atom. The number of hydrogen-bond acceptors (Lipinski definition) is 3. The molecular weight excluding hydrogens is 396 g/mol. The average molecular weight is 421 g/mol. The zero-order valence-corrected chi connectivity index (χ0v) is 17.7. The van der Waals surface area contributed by atoms with Gasteiger partial charge in [0.25, 0.3) is 5.91 Å². The van der Waals surface area contributed by atoms with E-state index in [9.17, 15) is 4.79 Å². The van der Waals surface area contributed by atoms with Crippen molar-refractivity contribution in [2.24, 2.45) is 17.8 Å². The van der Waals surface area contributed by atoms with E-state index in [1.165, 1.54) is 0 Å². The molecule has 2 aromatic carbocycles. The third-order valence-corrected chi connectivity index (χ3v) is 6.97. The standard InChI is InChI=1S/C24H25ClN4O/c1-2-21(27-24(30)16-8-10-17(25)11-9-16)23-19-12-18(13-20(19)23)29-26-14-22(28-29)15-6-4-3-5-7-15/h3-11,14,18-21,23H,2,12-13H2,1H3,(H,27,30)/t18-,19-,20+,21?,23+. The van der Waals surface area contributed by atoms with E-state index in [1.807, 2.05) is 29.2 Å². The highest BCUT2D eigenvalue weighted by atomic mass is 35.5. The predicted molar refractivity (Wildman–Crippen MR) is 117 cm³/mol. The molecule has 0 bridgehead atoms. The zero-order valence-electron chi connectivity index (χ0n) is 16.9. The molecule has 2 aliphatic rings. The number of carbonyl (C=O) groups is 1. The van der Waals surface area contributed by atoms with Gasteiger partial charge in [0.1, 0.15) is 5.69 Å². The van der Waals surface area contributed by atoms with Gasteiger partial charge in [-0.25, -0.2) is 0 Å². The summed E-state index contributed by atoms with van der Waals surface area (Å²) >= 11 is 5.93. The molecule has 6 heteroatoms. The Bertz CT molecular complexity index is 1020. The summed E-state index contributed by atoms with van der Waals surface area (Å²) in [5, 5.41) is 13.2. The smallest absolute Gasteiger partial charge is 0.251 e. The molecule has 154 valence electrons. The van der Waals surface area contributed by atoms with E-state index in [2.05, 4.69) is 29.5 Å². The first kappa shape index (κ1) is 19.3. The van der Waals surface area contributed by atoms with E-state index >= 15 is 0 Å². The first-order valence-corrected chi connectivity index (χ1v) is 11.1. The van der Waals surface area contributed by atoms with Gasteiger partial charge in [-0.2, -0.15) is 15.0 Å². The number of rotatable bonds is 6. The van der Waals surface area contributed by atoms with Crippen LogP contribution < -0.4 is 5.32 Å². The van der Waals surface area contributed by atoms with Crippen molar-refractivity contribution in [1.29, 1.82) is 0 Å². The van der Waals surface area contributed by atoms with Crippen molar-refractivity contribution in [2.75, 3.05) is 0 Å². The van der Waals surface area contributed by atoms with Crippen molar-refractivity contribution in [1.82, 2.24) is 20.3 Å².